The van der Waals surface area contributed by atoms with Gasteiger partial charge < -0.3 is 11.1 Å². The van der Waals surface area contributed by atoms with Crippen molar-refractivity contribution >= 4 is 0 Å². The lowest BCUT2D eigenvalue weighted by atomic mass is 10.0. The molecule has 1 unspecified atom stereocenters. The normalized spacial score (nSPS) is 17.7. The molecule has 0 spiro atoms. The summed E-state index contributed by atoms with van der Waals surface area (Å²) < 4.78 is 0. The Labute approximate surface area is 91.9 Å². The molecule has 0 amide bonds. The molecule has 0 heterocycles. The van der Waals surface area contributed by atoms with Crippen molar-refractivity contribution in [1.29, 1.82) is 0 Å². The monoisotopic (exact) mass is 204 g/mol. The summed E-state index contributed by atoms with van der Waals surface area (Å²) in [5.41, 5.74) is 8.71. The Balaban J connectivity index is 1.88. The Morgan fingerprint density at radius 3 is 2.53 bits per heavy atom. The van der Waals surface area contributed by atoms with Crippen molar-refractivity contribution in [3.63, 3.8) is 0 Å². The Kier molecular flexibility index (Phi) is 3.39. The van der Waals surface area contributed by atoms with Gasteiger partial charge in [0.1, 0.15) is 0 Å². The van der Waals surface area contributed by atoms with Crippen LogP contribution in [0.2, 0.25) is 0 Å². The van der Waals surface area contributed by atoms with E-state index in [0.717, 1.165) is 19.0 Å². The number of nitrogens with two attached hydrogens (primary N) is 1. The van der Waals surface area contributed by atoms with Gasteiger partial charge in [-0.25, -0.2) is 0 Å². The molecule has 2 heteroatoms. The zero-order chi connectivity index (χ0) is 10.7. The average molecular weight is 204 g/mol. The minimum absolute atomic E-state index is 0.136. The zero-order valence-corrected chi connectivity index (χ0v) is 9.37. The molecule has 1 saturated carbocycles. The number of nitrogens with one attached hydrogen (secondary N) is 1. The topological polar surface area (TPSA) is 38.0 Å². The molecule has 0 aliphatic heterocycles. The lowest BCUT2D eigenvalue weighted by Gasteiger charge is -2.13. The van der Waals surface area contributed by atoms with Crippen LogP contribution in [0.4, 0.5) is 0 Å². The Bertz CT molecular complexity index is 301. The second kappa shape index (κ2) is 4.77. The highest BCUT2D eigenvalue weighted by Crippen LogP contribution is 2.19. The van der Waals surface area contributed by atoms with Crippen LogP contribution in [0.1, 0.15) is 36.9 Å². The second-order valence-electron chi connectivity index (χ2n) is 4.38. The molecule has 0 bridgehead atoms. The van der Waals surface area contributed by atoms with E-state index in [1.807, 2.05) is 0 Å². The fraction of sp³-hybridized carbons (Fsp3) is 0.538. The molecule has 1 aliphatic rings. The van der Waals surface area contributed by atoms with E-state index in [-0.39, 0.29) is 6.04 Å². The van der Waals surface area contributed by atoms with Crippen molar-refractivity contribution in [2.75, 3.05) is 6.54 Å². The largest absolute Gasteiger partial charge is 0.323 e. The van der Waals surface area contributed by atoms with E-state index in [1.165, 1.54) is 24.0 Å². The third-order valence-corrected chi connectivity index (χ3v) is 3.02. The third kappa shape index (κ3) is 3.05. The molecule has 82 valence electrons. The first-order chi connectivity index (χ1) is 7.29. The highest BCUT2D eigenvalue weighted by atomic mass is 15.0. The van der Waals surface area contributed by atoms with E-state index < -0.39 is 0 Å². The van der Waals surface area contributed by atoms with Gasteiger partial charge in [0.25, 0.3) is 0 Å². The summed E-state index contributed by atoms with van der Waals surface area (Å²) in [6.07, 6.45) is 3.73. The molecule has 2 nitrogen and oxygen atoms in total. The summed E-state index contributed by atoms with van der Waals surface area (Å²) in [6, 6.07) is 9.52. The van der Waals surface area contributed by atoms with Gasteiger partial charge in [-0.05, 0) is 30.4 Å². The molecule has 1 atom stereocenters. The predicted molar refractivity (Wildman–Crippen MR) is 63.8 cm³/mol. The van der Waals surface area contributed by atoms with Crippen molar-refractivity contribution in [2.24, 2.45) is 5.73 Å². The van der Waals surface area contributed by atoms with Crippen LogP contribution in [0.3, 0.4) is 0 Å². The van der Waals surface area contributed by atoms with E-state index >= 15 is 0 Å². The fourth-order valence-corrected chi connectivity index (χ4v) is 1.70. The number of hydrogen-bond donors (Lipinski definition) is 2. The predicted octanol–water partition coefficient (Wildman–Crippen LogP) is 2.00. The molecule has 1 fully saturated rings. The molecule has 2 rings (SSSR count). The first kappa shape index (κ1) is 10.7. The van der Waals surface area contributed by atoms with Crippen molar-refractivity contribution in [3.05, 3.63) is 35.4 Å². The summed E-state index contributed by atoms with van der Waals surface area (Å²) in [6.45, 7) is 3.07. The van der Waals surface area contributed by atoms with Gasteiger partial charge in [0.05, 0.1) is 0 Å². The molecule has 0 aromatic heterocycles. The van der Waals surface area contributed by atoms with Crippen LogP contribution in [-0.4, -0.2) is 12.6 Å². The lowest BCUT2D eigenvalue weighted by Crippen LogP contribution is -2.28. The first-order valence-electron chi connectivity index (χ1n) is 5.87. The van der Waals surface area contributed by atoms with Crippen LogP contribution in [0.5, 0.6) is 0 Å². The second-order valence-corrected chi connectivity index (χ2v) is 4.38. The van der Waals surface area contributed by atoms with Crippen LogP contribution in [-0.2, 0) is 6.42 Å². The van der Waals surface area contributed by atoms with E-state index in [4.69, 9.17) is 5.73 Å². The maximum atomic E-state index is 6.10. The van der Waals surface area contributed by atoms with Gasteiger partial charge in [-0.15, -0.1) is 0 Å². The highest BCUT2D eigenvalue weighted by Gasteiger charge is 2.21. The third-order valence-electron chi connectivity index (χ3n) is 3.02. The van der Waals surface area contributed by atoms with Crippen LogP contribution < -0.4 is 11.1 Å². The maximum Gasteiger partial charge on any atom is 0.0421 e. The summed E-state index contributed by atoms with van der Waals surface area (Å²) >= 11 is 0. The molecular weight excluding hydrogens is 184 g/mol. The lowest BCUT2D eigenvalue weighted by molar-refractivity contribution is 0.595. The number of benzene rings is 1. The summed E-state index contributed by atoms with van der Waals surface area (Å²) in [5.74, 6) is 0. The standard InChI is InChI=1S/C13H20N2/c1-2-10-3-5-11(6-4-10)13(14)9-15-12-7-8-12/h3-6,12-13,15H,2,7-9,14H2,1H3. The van der Waals surface area contributed by atoms with Gasteiger partial charge in [0, 0.05) is 18.6 Å². The van der Waals surface area contributed by atoms with E-state index in [2.05, 4.69) is 36.5 Å². The Hall–Kier alpha value is -0.860. The fourth-order valence-electron chi connectivity index (χ4n) is 1.70. The van der Waals surface area contributed by atoms with Gasteiger partial charge in [-0.1, -0.05) is 31.2 Å². The van der Waals surface area contributed by atoms with Crippen molar-refractivity contribution < 1.29 is 0 Å². The van der Waals surface area contributed by atoms with Gasteiger partial charge in [0.15, 0.2) is 0 Å². The average Bonchev–Trinajstić information content (AvgIpc) is 3.10. The summed E-state index contributed by atoms with van der Waals surface area (Å²) in [5, 5.41) is 3.46. The molecule has 3 N–H and O–H groups in total. The van der Waals surface area contributed by atoms with E-state index in [1.54, 1.807) is 0 Å². The van der Waals surface area contributed by atoms with Crippen LogP contribution in [0.15, 0.2) is 24.3 Å². The number of aryl methyl sites for hydroxylation is 1. The molecule has 0 radical (unpaired) electrons. The zero-order valence-electron chi connectivity index (χ0n) is 9.37. The van der Waals surface area contributed by atoms with Gasteiger partial charge in [-0.3, -0.25) is 0 Å². The Morgan fingerprint density at radius 2 is 2.00 bits per heavy atom. The van der Waals surface area contributed by atoms with Gasteiger partial charge in [-0.2, -0.15) is 0 Å². The van der Waals surface area contributed by atoms with E-state index in [0.29, 0.717) is 0 Å². The first-order valence-corrected chi connectivity index (χ1v) is 5.87. The van der Waals surface area contributed by atoms with Crippen LogP contribution in [0, 0.1) is 0 Å². The minimum Gasteiger partial charge on any atom is -0.323 e. The van der Waals surface area contributed by atoms with Crippen LogP contribution >= 0.6 is 0 Å². The Morgan fingerprint density at radius 1 is 1.33 bits per heavy atom. The summed E-state index contributed by atoms with van der Waals surface area (Å²) in [7, 11) is 0. The smallest absolute Gasteiger partial charge is 0.0421 e. The number of rotatable bonds is 5. The molecule has 0 saturated heterocycles. The quantitative estimate of drug-likeness (QED) is 0.770. The molecule has 1 aliphatic carbocycles. The van der Waals surface area contributed by atoms with E-state index in [9.17, 15) is 0 Å². The highest BCUT2D eigenvalue weighted by molar-refractivity contribution is 5.25. The summed E-state index contributed by atoms with van der Waals surface area (Å²) in [4.78, 5) is 0. The van der Waals surface area contributed by atoms with Gasteiger partial charge >= 0.3 is 0 Å². The minimum atomic E-state index is 0.136. The van der Waals surface area contributed by atoms with Crippen molar-refractivity contribution in [3.8, 4) is 0 Å². The van der Waals surface area contributed by atoms with Crippen molar-refractivity contribution in [1.82, 2.24) is 5.32 Å². The van der Waals surface area contributed by atoms with Crippen LogP contribution in [0.25, 0.3) is 0 Å². The molecular formula is C13H20N2. The van der Waals surface area contributed by atoms with Crippen molar-refractivity contribution in [2.45, 2.75) is 38.3 Å². The maximum absolute atomic E-state index is 6.10. The molecule has 1 aromatic rings. The van der Waals surface area contributed by atoms with Gasteiger partial charge in [0.2, 0.25) is 0 Å². The molecule has 15 heavy (non-hydrogen) atoms. The number of hydrogen-bond acceptors (Lipinski definition) is 2. The SMILES string of the molecule is CCc1ccc(C(N)CNC2CC2)cc1. The molecule has 1 aromatic carbocycles.